The third kappa shape index (κ3) is 2.18. The fourth-order valence-electron chi connectivity index (χ4n) is 4.06. The SMILES string of the molecule is ClC(c1ccc2c(c1)OCCCO2)C1C2CCCCC21. The van der Waals surface area contributed by atoms with Gasteiger partial charge in [-0.3, -0.25) is 0 Å². The second kappa shape index (κ2) is 5.14. The number of benzene rings is 1. The third-order valence-corrected chi connectivity index (χ3v) is 5.69. The van der Waals surface area contributed by atoms with E-state index in [0.29, 0.717) is 5.92 Å². The zero-order chi connectivity index (χ0) is 13.5. The van der Waals surface area contributed by atoms with Crippen LogP contribution in [0.2, 0.25) is 0 Å². The molecule has 2 saturated carbocycles. The van der Waals surface area contributed by atoms with Crippen LogP contribution in [0.4, 0.5) is 0 Å². The Labute approximate surface area is 125 Å². The summed E-state index contributed by atoms with van der Waals surface area (Å²) in [6.45, 7) is 1.47. The summed E-state index contributed by atoms with van der Waals surface area (Å²) in [6, 6.07) is 6.25. The Morgan fingerprint density at radius 2 is 1.65 bits per heavy atom. The zero-order valence-corrected chi connectivity index (χ0v) is 12.4. The fourth-order valence-corrected chi connectivity index (χ4v) is 4.56. The largest absolute Gasteiger partial charge is 0.490 e. The molecule has 108 valence electrons. The maximum atomic E-state index is 6.77. The summed E-state index contributed by atoms with van der Waals surface area (Å²) < 4.78 is 11.5. The van der Waals surface area contributed by atoms with E-state index in [9.17, 15) is 0 Å². The van der Waals surface area contributed by atoms with Gasteiger partial charge in [0.15, 0.2) is 11.5 Å². The quantitative estimate of drug-likeness (QED) is 0.744. The van der Waals surface area contributed by atoms with Crippen molar-refractivity contribution in [2.75, 3.05) is 13.2 Å². The topological polar surface area (TPSA) is 18.5 Å². The Morgan fingerprint density at radius 1 is 0.950 bits per heavy atom. The van der Waals surface area contributed by atoms with Crippen molar-refractivity contribution in [1.82, 2.24) is 0 Å². The van der Waals surface area contributed by atoms with Gasteiger partial charge in [-0.05, 0) is 48.3 Å². The van der Waals surface area contributed by atoms with Crippen molar-refractivity contribution < 1.29 is 9.47 Å². The van der Waals surface area contributed by atoms with Gasteiger partial charge in [0.25, 0.3) is 0 Å². The Morgan fingerprint density at radius 3 is 2.40 bits per heavy atom. The molecule has 2 nitrogen and oxygen atoms in total. The third-order valence-electron chi connectivity index (χ3n) is 5.15. The van der Waals surface area contributed by atoms with Crippen LogP contribution in [0.25, 0.3) is 0 Å². The van der Waals surface area contributed by atoms with Gasteiger partial charge in [0.2, 0.25) is 0 Å². The maximum Gasteiger partial charge on any atom is 0.161 e. The van der Waals surface area contributed by atoms with Crippen molar-refractivity contribution in [3.8, 4) is 11.5 Å². The number of fused-ring (bicyclic) bond motifs is 2. The molecule has 0 amide bonds. The second-order valence-corrected chi connectivity index (χ2v) is 6.82. The molecular formula is C17H21ClO2. The van der Waals surface area contributed by atoms with Crippen LogP contribution in [-0.4, -0.2) is 13.2 Å². The lowest BCUT2D eigenvalue weighted by Crippen LogP contribution is -1.98. The summed E-state index contributed by atoms with van der Waals surface area (Å²) in [5.41, 5.74) is 1.20. The van der Waals surface area contributed by atoms with Crippen molar-refractivity contribution in [1.29, 1.82) is 0 Å². The van der Waals surface area contributed by atoms with Crippen LogP contribution < -0.4 is 9.47 Å². The summed E-state index contributed by atoms with van der Waals surface area (Å²) >= 11 is 6.77. The van der Waals surface area contributed by atoms with Crippen LogP contribution in [0.5, 0.6) is 11.5 Å². The highest BCUT2D eigenvalue weighted by atomic mass is 35.5. The molecule has 3 heteroatoms. The van der Waals surface area contributed by atoms with E-state index in [-0.39, 0.29) is 5.38 Å². The van der Waals surface area contributed by atoms with Gasteiger partial charge in [-0.25, -0.2) is 0 Å². The van der Waals surface area contributed by atoms with Crippen LogP contribution in [0.3, 0.4) is 0 Å². The van der Waals surface area contributed by atoms with Gasteiger partial charge in [0.1, 0.15) is 0 Å². The van der Waals surface area contributed by atoms with E-state index in [4.69, 9.17) is 21.1 Å². The van der Waals surface area contributed by atoms with Gasteiger partial charge in [-0.2, -0.15) is 0 Å². The molecule has 2 fully saturated rings. The number of hydrogen-bond acceptors (Lipinski definition) is 2. The summed E-state index contributed by atoms with van der Waals surface area (Å²) in [4.78, 5) is 0. The van der Waals surface area contributed by atoms with E-state index >= 15 is 0 Å². The highest BCUT2D eigenvalue weighted by molar-refractivity contribution is 6.21. The predicted octanol–water partition coefficient (Wildman–Crippen LogP) is 4.56. The summed E-state index contributed by atoms with van der Waals surface area (Å²) in [5.74, 6) is 4.17. The second-order valence-electron chi connectivity index (χ2n) is 6.35. The Hall–Kier alpha value is -0.890. The van der Waals surface area contributed by atoms with Crippen LogP contribution in [-0.2, 0) is 0 Å². The van der Waals surface area contributed by atoms with Crippen LogP contribution in [0.15, 0.2) is 18.2 Å². The van der Waals surface area contributed by atoms with Crippen LogP contribution >= 0.6 is 11.6 Å². The van der Waals surface area contributed by atoms with E-state index in [2.05, 4.69) is 12.1 Å². The number of rotatable bonds is 2. The monoisotopic (exact) mass is 292 g/mol. The minimum absolute atomic E-state index is 0.139. The minimum Gasteiger partial charge on any atom is -0.490 e. The molecule has 1 aromatic rings. The highest BCUT2D eigenvalue weighted by Crippen LogP contribution is 2.62. The zero-order valence-electron chi connectivity index (χ0n) is 11.7. The minimum atomic E-state index is 0.139. The number of alkyl halides is 1. The van der Waals surface area contributed by atoms with E-state index < -0.39 is 0 Å². The molecule has 3 unspecified atom stereocenters. The summed E-state index contributed by atoms with van der Waals surface area (Å²) in [7, 11) is 0. The highest BCUT2D eigenvalue weighted by Gasteiger charge is 2.54. The van der Waals surface area contributed by atoms with Crippen molar-refractivity contribution in [3.05, 3.63) is 23.8 Å². The van der Waals surface area contributed by atoms with Crippen molar-refractivity contribution in [2.45, 2.75) is 37.5 Å². The molecule has 2 aliphatic carbocycles. The first-order valence-electron chi connectivity index (χ1n) is 7.88. The normalized spacial score (nSPS) is 33.0. The molecule has 0 bridgehead atoms. The van der Waals surface area contributed by atoms with Gasteiger partial charge in [0.05, 0.1) is 18.6 Å². The molecule has 0 aromatic heterocycles. The predicted molar refractivity (Wildman–Crippen MR) is 79.6 cm³/mol. The molecule has 1 aliphatic heterocycles. The first kappa shape index (κ1) is 12.8. The van der Waals surface area contributed by atoms with E-state index in [1.165, 1.54) is 31.2 Å². The number of halogens is 1. The Balaban J connectivity index is 1.55. The molecule has 4 rings (SSSR count). The lowest BCUT2D eigenvalue weighted by Gasteiger charge is -2.13. The van der Waals surface area contributed by atoms with E-state index in [1.807, 2.05) is 6.07 Å². The van der Waals surface area contributed by atoms with Crippen LogP contribution in [0, 0.1) is 17.8 Å². The smallest absolute Gasteiger partial charge is 0.161 e. The molecule has 0 radical (unpaired) electrons. The van der Waals surface area contributed by atoms with Crippen molar-refractivity contribution in [2.24, 2.45) is 17.8 Å². The summed E-state index contributed by atoms with van der Waals surface area (Å²) in [6.07, 6.45) is 6.48. The Bertz CT molecular complexity index is 490. The Kier molecular flexibility index (Phi) is 3.30. The first-order valence-corrected chi connectivity index (χ1v) is 8.32. The lowest BCUT2D eigenvalue weighted by atomic mass is 10.0. The standard InChI is InChI=1S/C17H21ClO2/c18-17(16-12-4-1-2-5-13(12)16)11-6-7-14-15(10-11)20-9-3-8-19-14/h6-7,10,12-13,16-17H,1-5,8-9H2. The van der Waals surface area contributed by atoms with Crippen molar-refractivity contribution in [3.63, 3.8) is 0 Å². The molecule has 0 saturated heterocycles. The lowest BCUT2D eigenvalue weighted by molar-refractivity contribution is 0.297. The molecule has 3 aliphatic rings. The van der Waals surface area contributed by atoms with Gasteiger partial charge >= 0.3 is 0 Å². The summed E-state index contributed by atoms with van der Waals surface area (Å²) in [5, 5.41) is 0.139. The molecule has 0 spiro atoms. The van der Waals surface area contributed by atoms with Gasteiger partial charge in [0, 0.05) is 6.42 Å². The molecule has 20 heavy (non-hydrogen) atoms. The van der Waals surface area contributed by atoms with E-state index in [1.54, 1.807) is 0 Å². The maximum absolute atomic E-state index is 6.77. The molecule has 3 atom stereocenters. The van der Waals surface area contributed by atoms with E-state index in [0.717, 1.165) is 43.0 Å². The first-order chi connectivity index (χ1) is 9.84. The van der Waals surface area contributed by atoms with Gasteiger partial charge < -0.3 is 9.47 Å². The van der Waals surface area contributed by atoms with Gasteiger partial charge in [-0.15, -0.1) is 11.6 Å². The molecule has 0 N–H and O–H groups in total. The molecular weight excluding hydrogens is 272 g/mol. The number of hydrogen-bond donors (Lipinski definition) is 0. The average Bonchev–Trinajstić information content (AvgIpc) is 3.25. The van der Waals surface area contributed by atoms with Crippen LogP contribution in [0.1, 0.15) is 43.0 Å². The van der Waals surface area contributed by atoms with Crippen molar-refractivity contribution >= 4 is 11.6 Å². The fraction of sp³-hybridized carbons (Fsp3) is 0.647. The number of ether oxygens (including phenoxy) is 2. The average molecular weight is 293 g/mol. The molecule has 1 heterocycles. The molecule has 1 aromatic carbocycles. The van der Waals surface area contributed by atoms with Gasteiger partial charge in [-0.1, -0.05) is 18.9 Å².